The van der Waals surface area contributed by atoms with Crippen LogP contribution < -0.4 is 4.74 Å². The van der Waals surface area contributed by atoms with Gasteiger partial charge in [-0.05, 0) is 30.5 Å². The Morgan fingerprint density at radius 1 is 1.26 bits per heavy atom. The van der Waals surface area contributed by atoms with Crippen molar-refractivity contribution in [1.29, 1.82) is 0 Å². The minimum atomic E-state index is -0.870. The molecule has 0 aliphatic carbocycles. The smallest absolute Gasteiger partial charge is 0.312 e. The van der Waals surface area contributed by atoms with E-state index in [-0.39, 0.29) is 11.9 Å². The van der Waals surface area contributed by atoms with Crippen LogP contribution >= 0.6 is 0 Å². The quantitative estimate of drug-likeness (QED) is 0.804. The van der Waals surface area contributed by atoms with E-state index in [1.807, 2.05) is 13.8 Å². The lowest BCUT2D eigenvalue weighted by Gasteiger charge is -2.24. The van der Waals surface area contributed by atoms with Crippen LogP contribution in [0.5, 0.6) is 5.75 Å². The molecule has 0 radical (unpaired) electrons. The van der Waals surface area contributed by atoms with E-state index in [1.54, 1.807) is 38.3 Å². The van der Waals surface area contributed by atoms with Gasteiger partial charge in [0.2, 0.25) is 0 Å². The second kappa shape index (κ2) is 7.14. The summed E-state index contributed by atoms with van der Waals surface area (Å²) in [5, 5.41) is 10.4. The van der Waals surface area contributed by atoms with Gasteiger partial charge in [-0.1, -0.05) is 26.0 Å². The number of hydrogen-bond acceptors (Lipinski definition) is 4. The Bertz CT molecular complexity index is 397. The van der Waals surface area contributed by atoms with Crippen molar-refractivity contribution >= 4 is 5.97 Å². The second-order valence-corrected chi connectivity index (χ2v) is 4.74. The van der Waals surface area contributed by atoms with Crippen LogP contribution in [0.1, 0.15) is 32.4 Å². The van der Waals surface area contributed by atoms with E-state index in [4.69, 9.17) is 9.47 Å². The Morgan fingerprint density at radius 2 is 1.84 bits per heavy atom. The Kier molecular flexibility index (Phi) is 5.83. The zero-order valence-corrected chi connectivity index (χ0v) is 11.9. The summed E-state index contributed by atoms with van der Waals surface area (Å²) >= 11 is 0. The summed E-state index contributed by atoms with van der Waals surface area (Å²) in [6.45, 7) is 5.87. The summed E-state index contributed by atoms with van der Waals surface area (Å²) in [5.41, 5.74) is 0.688. The highest BCUT2D eigenvalue weighted by Crippen LogP contribution is 2.30. The van der Waals surface area contributed by atoms with Gasteiger partial charge in [0.1, 0.15) is 5.75 Å². The van der Waals surface area contributed by atoms with Crippen molar-refractivity contribution in [1.82, 2.24) is 0 Å². The van der Waals surface area contributed by atoms with E-state index >= 15 is 0 Å². The van der Waals surface area contributed by atoms with E-state index in [2.05, 4.69) is 0 Å². The molecule has 19 heavy (non-hydrogen) atoms. The van der Waals surface area contributed by atoms with Gasteiger partial charge >= 0.3 is 5.97 Å². The molecule has 106 valence electrons. The van der Waals surface area contributed by atoms with Gasteiger partial charge in [0.05, 0.1) is 25.7 Å². The summed E-state index contributed by atoms with van der Waals surface area (Å²) in [4.78, 5) is 11.9. The lowest BCUT2D eigenvalue weighted by molar-refractivity contribution is -0.154. The second-order valence-electron chi connectivity index (χ2n) is 4.74. The maximum atomic E-state index is 11.9. The molecule has 0 aliphatic rings. The lowest BCUT2D eigenvalue weighted by Crippen LogP contribution is -2.29. The zero-order valence-electron chi connectivity index (χ0n) is 11.9. The van der Waals surface area contributed by atoms with Gasteiger partial charge < -0.3 is 14.6 Å². The van der Waals surface area contributed by atoms with Crippen molar-refractivity contribution in [2.75, 3.05) is 13.7 Å². The number of rotatable bonds is 6. The van der Waals surface area contributed by atoms with Crippen molar-refractivity contribution in [3.8, 4) is 5.75 Å². The Hall–Kier alpha value is -1.55. The fourth-order valence-corrected chi connectivity index (χ4v) is 2.01. The van der Waals surface area contributed by atoms with Crippen molar-refractivity contribution in [2.24, 2.45) is 11.8 Å². The van der Waals surface area contributed by atoms with Crippen molar-refractivity contribution < 1.29 is 19.4 Å². The molecular weight excluding hydrogens is 244 g/mol. The Balaban J connectivity index is 2.91. The average Bonchev–Trinajstić information content (AvgIpc) is 2.38. The van der Waals surface area contributed by atoms with Crippen LogP contribution in [0.3, 0.4) is 0 Å². The third kappa shape index (κ3) is 3.96. The predicted octanol–water partition coefficient (Wildman–Crippen LogP) is 2.56. The van der Waals surface area contributed by atoms with Crippen LogP contribution in [0.4, 0.5) is 0 Å². The first-order chi connectivity index (χ1) is 9.01. The number of benzene rings is 1. The number of hydrogen-bond donors (Lipinski definition) is 1. The van der Waals surface area contributed by atoms with E-state index < -0.39 is 12.0 Å². The van der Waals surface area contributed by atoms with Crippen LogP contribution in [-0.2, 0) is 9.53 Å². The van der Waals surface area contributed by atoms with E-state index in [0.29, 0.717) is 17.9 Å². The molecule has 4 heteroatoms. The molecule has 0 bridgehead atoms. The number of esters is 1. The van der Waals surface area contributed by atoms with Crippen molar-refractivity contribution in [3.63, 3.8) is 0 Å². The van der Waals surface area contributed by atoms with Crippen LogP contribution in [0.2, 0.25) is 0 Å². The molecule has 1 N–H and O–H groups in total. The average molecular weight is 266 g/mol. The Morgan fingerprint density at radius 3 is 2.26 bits per heavy atom. The molecular formula is C15H22O4. The van der Waals surface area contributed by atoms with E-state index in [1.165, 1.54) is 0 Å². The van der Waals surface area contributed by atoms with Gasteiger partial charge in [0.15, 0.2) is 0 Å². The molecule has 1 aromatic carbocycles. The first-order valence-corrected chi connectivity index (χ1v) is 6.49. The first-order valence-electron chi connectivity index (χ1n) is 6.49. The molecule has 2 atom stereocenters. The summed E-state index contributed by atoms with van der Waals surface area (Å²) in [6, 6.07) is 7.05. The lowest BCUT2D eigenvalue weighted by atomic mass is 9.86. The summed E-state index contributed by atoms with van der Waals surface area (Å²) in [5.74, 6) is -0.210. The van der Waals surface area contributed by atoms with Gasteiger partial charge in [-0.3, -0.25) is 4.79 Å². The topological polar surface area (TPSA) is 55.8 Å². The molecule has 0 spiro atoms. The summed E-state index contributed by atoms with van der Waals surface area (Å²) in [7, 11) is 1.58. The number of ether oxygens (including phenoxy) is 2. The number of aliphatic hydroxyl groups is 1. The molecule has 0 fully saturated rings. The zero-order chi connectivity index (χ0) is 14.4. The number of methoxy groups -OCH3 is 1. The number of carbonyl (C=O) groups excluding carboxylic acids is 1. The third-order valence-electron chi connectivity index (χ3n) is 3.07. The van der Waals surface area contributed by atoms with Gasteiger partial charge in [-0.2, -0.15) is 0 Å². The van der Waals surface area contributed by atoms with Crippen LogP contribution in [0.15, 0.2) is 24.3 Å². The summed E-state index contributed by atoms with van der Waals surface area (Å²) in [6.07, 6.45) is -0.870. The molecule has 1 aromatic rings. The van der Waals surface area contributed by atoms with Crippen LogP contribution in [-0.4, -0.2) is 24.8 Å². The molecule has 0 aromatic heterocycles. The molecule has 2 unspecified atom stereocenters. The highest BCUT2D eigenvalue weighted by atomic mass is 16.5. The monoisotopic (exact) mass is 266 g/mol. The fraction of sp³-hybridized carbons (Fsp3) is 0.533. The maximum Gasteiger partial charge on any atom is 0.312 e. The molecule has 0 saturated heterocycles. The van der Waals surface area contributed by atoms with E-state index in [0.717, 1.165) is 0 Å². The predicted molar refractivity (Wildman–Crippen MR) is 72.9 cm³/mol. The van der Waals surface area contributed by atoms with Crippen LogP contribution in [0, 0.1) is 11.8 Å². The van der Waals surface area contributed by atoms with E-state index in [9.17, 15) is 9.90 Å². The van der Waals surface area contributed by atoms with Crippen molar-refractivity contribution in [2.45, 2.75) is 26.9 Å². The van der Waals surface area contributed by atoms with Crippen molar-refractivity contribution in [3.05, 3.63) is 29.8 Å². The van der Waals surface area contributed by atoms with Crippen LogP contribution in [0.25, 0.3) is 0 Å². The molecule has 0 amide bonds. The third-order valence-corrected chi connectivity index (χ3v) is 3.07. The largest absolute Gasteiger partial charge is 0.497 e. The normalized spacial score (nSPS) is 14.0. The van der Waals surface area contributed by atoms with Gasteiger partial charge in [0, 0.05) is 0 Å². The SMILES string of the molecule is CCOC(=O)C(C(C)C)C(O)c1ccc(OC)cc1. The van der Waals surface area contributed by atoms with Gasteiger partial charge in [-0.15, -0.1) is 0 Å². The standard InChI is InChI=1S/C15H22O4/c1-5-19-15(17)13(10(2)3)14(16)11-6-8-12(18-4)9-7-11/h6-10,13-14,16H,5H2,1-4H3. The highest BCUT2D eigenvalue weighted by Gasteiger charge is 2.32. The minimum Gasteiger partial charge on any atom is -0.497 e. The number of carbonyl (C=O) groups is 1. The highest BCUT2D eigenvalue weighted by molar-refractivity contribution is 5.73. The van der Waals surface area contributed by atoms with Gasteiger partial charge in [-0.25, -0.2) is 0 Å². The molecule has 0 saturated carbocycles. The fourth-order valence-electron chi connectivity index (χ4n) is 2.01. The molecule has 1 rings (SSSR count). The van der Waals surface area contributed by atoms with Gasteiger partial charge in [0.25, 0.3) is 0 Å². The summed E-state index contributed by atoms with van der Waals surface area (Å²) < 4.78 is 10.1. The first kappa shape index (κ1) is 15.5. The maximum absolute atomic E-state index is 11.9. The molecule has 0 heterocycles. The molecule has 4 nitrogen and oxygen atoms in total. The Labute approximate surface area is 114 Å². The molecule has 0 aliphatic heterocycles. The number of aliphatic hydroxyl groups excluding tert-OH is 1. The minimum absolute atomic E-state index is 0.00356.